The van der Waals surface area contributed by atoms with E-state index in [0.29, 0.717) is 12.6 Å². The van der Waals surface area contributed by atoms with Crippen molar-refractivity contribution in [3.63, 3.8) is 0 Å². The van der Waals surface area contributed by atoms with Crippen molar-refractivity contribution in [2.75, 3.05) is 27.2 Å². The third-order valence-electron chi connectivity index (χ3n) is 3.67. The third kappa shape index (κ3) is 3.91. The molecule has 1 fully saturated rings. The quantitative estimate of drug-likeness (QED) is 0.850. The molecule has 0 aliphatic carbocycles. The number of rotatable bonds is 4. The van der Waals surface area contributed by atoms with Crippen LogP contribution in [0.2, 0.25) is 0 Å². The SMILES string of the molecule is CN(C)C1CCN(C(=O)NCc2ccc(C(=O)O)nc2)C1. The van der Waals surface area contributed by atoms with Crippen LogP contribution in [0.5, 0.6) is 0 Å². The van der Waals surface area contributed by atoms with E-state index < -0.39 is 5.97 Å². The minimum Gasteiger partial charge on any atom is -0.477 e. The van der Waals surface area contributed by atoms with Crippen molar-refractivity contribution in [2.24, 2.45) is 0 Å². The Labute approximate surface area is 123 Å². The first-order valence-corrected chi connectivity index (χ1v) is 6.85. The van der Waals surface area contributed by atoms with E-state index >= 15 is 0 Å². The van der Waals surface area contributed by atoms with Gasteiger partial charge in [-0.2, -0.15) is 0 Å². The van der Waals surface area contributed by atoms with Gasteiger partial charge in [0.2, 0.25) is 0 Å². The first-order valence-electron chi connectivity index (χ1n) is 6.85. The van der Waals surface area contributed by atoms with Crippen LogP contribution < -0.4 is 5.32 Å². The molecule has 1 aliphatic rings. The molecule has 1 atom stereocenters. The molecule has 1 aliphatic heterocycles. The predicted octanol–water partition coefficient (Wildman–Crippen LogP) is 0.625. The van der Waals surface area contributed by atoms with Crippen LogP contribution in [0.25, 0.3) is 0 Å². The van der Waals surface area contributed by atoms with Crippen LogP contribution in [0.1, 0.15) is 22.5 Å². The van der Waals surface area contributed by atoms with Crippen molar-refractivity contribution in [1.82, 2.24) is 20.1 Å². The first-order chi connectivity index (χ1) is 9.97. The van der Waals surface area contributed by atoms with E-state index in [1.807, 2.05) is 14.1 Å². The van der Waals surface area contributed by atoms with Gasteiger partial charge in [-0.25, -0.2) is 14.6 Å². The molecule has 0 radical (unpaired) electrons. The number of likely N-dealkylation sites (N-methyl/N-ethyl adjacent to an activating group) is 1. The molecule has 0 bridgehead atoms. The monoisotopic (exact) mass is 292 g/mol. The number of aromatic carboxylic acids is 1. The maximum atomic E-state index is 12.0. The van der Waals surface area contributed by atoms with Crippen molar-refractivity contribution >= 4 is 12.0 Å². The van der Waals surface area contributed by atoms with E-state index in [1.54, 1.807) is 11.0 Å². The molecule has 1 unspecified atom stereocenters. The highest BCUT2D eigenvalue weighted by Crippen LogP contribution is 2.13. The molecule has 0 spiro atoms. The Morgan fingerprint density at radius 1 is 1.48 bits per heavy atom. The third-order valence-corrected chi connectivity index (χ3v) is 3.67. The number of likely N-dealkylation sites (tertiary alicyclic amines) is 1. The highest BCUT2D eigenvalue weighted by Gasteiger charge is 2.27. The fraction of sp³-hybridized carbons (Fsp3) is 0.500. The van der Waals surface area contributed by atoms with Crippen LogP contribution in [-0.4, -0.2) is 65.1 Å². The highest BCUT2D eigenvalue weighted by atomic mass is 16.4. The van der Waals surface area contributed by atoms with Gasteiger partial charge in [0.1, 0.15) is 5.69 Å². The number of carboxylic acids is 1. The van der Waals surface area contributed by atoms with Crippen molar-refractivity contribution in [3.05, 3.63) is 29.6 Å². The summed E-state index contributed by atoms with van der Waals surface area (Å²) in [5, 5.41) is 11.6. The molecule has 1 saturated heterocycles. The summed E-state index contributed by atoms with van der Waals surface area (Å²) in [6, 6.07) is 3.40. The molecule has 1 aromatic rings. The Kier molecular flexibility index (Phi) is 4.74. The number of nitrogens with one attached hydrogen (secondary N) is 1. The topological polar surface area (TPSA) is 85.8 Å². The maximum absolute atomic E-state index is 12.0. The molecule has 0 aromatic carbocycles. The van der Waals surface area contributed by atoms with Crippen molar-refractivity contribution in [2.45, 2.75) is 19.0 Å². The normalized spacial score (nSPS) is 18.0. The van der Waals surface area contributed by atoms with Crippen LogP contribution in [-0.2, 0) is 6.54 Å². The Hall–Kier alpha value is -2.15. The number of hydrogen-bond acceptors (Lipinski definition) is 4. The molecule has 0 saturated carbocycles. The lowest BCUT2D eigenvalue weighted by Gasteiger charge is -2.20. The number of amides is 2. The summed E-state index contributed by atoms with van der Waals surface area (Å²) < 4.78 is 0. The lowest BCUT2D eigenvalue weighted by atomic mass is 10.2. The number of hydrogen-bond donors (Lipinski definition) is 2. The van der Waals surface area contributed by atoms with Gasteiger partial charge in [-0.1, -0.05) is 6.07 Å². The summed E-state index contributed by atoms with van der Waals surface area (Å²) in [4.78, 5) is 30.5. The Morgan fingerprint density at radius 2 is 2.24 bits per heavy atom. The fourth-order valence-electron chi connectivity index (χ4n) is 2.29. The molecule has 2 amide bonds. The second-order valence-corrected chi connectivity index (χ2v) is 5.37. The summed E-state index contributed by atoms with van der Waals surface area (Å²) in [6.07, 6.45) is 2.45. The molecular weight excluding hydrogens is 272 g/mol. The van der Waals surface area contributed by atoms with Gasteiger partial charge in [-0.05, 0) is 32.1 Å². The molecule has 7 heteroatoms. The minimum atomic E-state index is -1.06. The maximum Gasteiger partial charge on any atom is 0.354 e. The summed E-state index contributed by atoms with van der Waals surface area (Å²) in [5.74, 6) is -1.06. The van der Waals surface area contributed by atoms with Crippen LogP contribution >= 0.6 is 0 Å². The molecule has 2 heterocycles. The van der Waals surface area contributed by atoms with Crippen LogP contribution in [0.3, 0.4) is 0 Å². The smallest absolute Gasteiger partial charge is 0.354 e. The van der Waals surface area contributed by atoms with Crippen LogP contribution in [0.15, 0.2) is 18.3 Å². The predicted molar refractivity (Wildman–Crippen MR) is 77.1 cm³/mol. The Balaban J connectivity index is 1.83. The van der Waals surface area contributed by atoms with Crippen LogP contribution in [0.4, 0.5) is 4.79 Å². The number of pyridine rings is 1. The largest absolute Gasteiger partial charge is 0.477 e. The van der Waals surface area contributed by atoms with Crippen LogP contribution in [0, 0.1) is 0 Å². The zero-order valence-corrected chi connectivity index (χ0v) is 12.2. The summed E-state index contributed by atoms with van der Waals surface area (Å²) >= 11 is 0. The van der Waals surface area contributed by atoms with E-state index in [9.17, 15) is 9.59 Å². The fourth-order valence-corrected chi connectivity index (χ4v) is 2.29. The second kappa shape index (κ2) is 6.53. The highest BCUT2D eigenvalue weighted by molar-refractivity contribution is 5.85. The van der Waals surface area contributed by atoms with Gasteiger partial charge < -0.3 is 20.2 Å². The van der Waals surface area contributed by atoms with E-state index in [2.05, 4.69) is 15.2 Å². The second-order valence-electron chi connectivity index (χ2n) is 5.37. The Bertz CT molecular complexity index is 515. The van der Waals surface area contributed by atoms with E-state index in [4.69, 9.17) is 5.11 Å². The standard InChI is InChI=1S/C14H20N4O3/c1-17(2)11-5-6-18(9-11)14(21)16-8-10-3-4-12(13(19)20)15-7-10/h3-4,7,11H,5-6,8-9H2,1-2H3,(H,16,21)(H,19,20). The van der Waals surface area contributed by atoms with Gasteiger partial charge in [-0.15, -0.1) is 0 Å². The average molecular weight is 292 g/mol. The molecular formula is C14H20N4O3. The number of carbonyl (C=O) groups excluding carboxylic acids is 1. The van der Waals surface area contributed by atoms with E-state index in [1.165, 1.54) is 12.3 Å². The lowest BCUT2D eigenvalue weighted by Crippen LogP contribution is -2.40. The van der Waals surface area contributed by atoms with E-state index in [0.717, 1.165) is 25.1 Å². The zero-order chi connectivity index (χ0) is 15.4. The van der Waals surface area contributed by atoms with Crippen molar-refractivity contribution in [1.29, 1.82) is 0 Å². The Morgan fingerprint density at radius 3 is 2.76 bits per heavy atom. The molecule has 7 nitrogen and oxygen atoms in total. The van der Waals surface area contributed by atoms with E-state index in [-0.39, 0.29) is 11.7 Å². The van der Waals surface area contributed by atoms with Gasteiger partial charge in [0.15, 0.2) is 0 Å². The van der Waals surface area contributed by atoms with Gasteiger partial charge in [0, 0.05) is 31.9 Å². The summed E-state index contributed by atoms with van der Waals surface area (Å²) in [5.41, 5.74) is 0.773. The molecule has 21 heavy (non-hydrogen) atoms. The molecule has 2 rings (SSSR count). The molecule has 2 N–H and O–H groups in total. The molecule has 114 valence electrons. The van der Waals surface area contributed by atoms with Crippen molar-refractivity contribution in [3.8, 4) is 0 Å². The number of aromatic nitrogens is 1. The zero-order valence-electron chi connectivity index (χ0n) is 12.2. The number of carboxylic acid groups (broad SMARTS) is 1. The lowest BCUT2D eigenvalue weighted by molar-refractivity contribution is 0.0690. The molecule has 1 aromatic heterocycles. The van der Waals surface area contributed by atoms with Gasteiger partial charge in [-0.3, -0.25) is 0 Å². The minimum absolute atomic E-state index is 0.00144. The average Bonchev–Trinajstić information content (AvgIpc) is 2.95. The number of urea groups is 1. The number of carbonyl (C=O) groups is 2. The van der Waals surface area contributed by atoms with Gasteiger partial charge >= 0.3 is 12.0 Å². The number of nitrogens with zero attached hydrogens (tertiary/aromatic N) is 3. The summed E-state index contributed by atoms with van der Waals surface area (Å²) in [6.45, 7) is 1.83. The van der Waals surface area contributed by atoms with Gasteiger partial charge in [0.25, 0.3) is 0 Å². The van der Waals surface area contributed by atoms with Gasteiger partial charge in [0.05, 0.1) is 0 Å². The summed E-state index contributed by atoms with van der Waals surface area (Å²) in [7, 11) is 4.03. The van der Waals surface area contributed by atoms with Crippen molar-refractivity contribution < 1.29 is 14.7 Å². The first kappa shape index (κ1) is 15.2.